The zero-order valence-electron chi connectivity index (χ0n) is 8.10. The summed E-state index contributed by atoms with van der Waals surface area (Å²) in [5.41, 5.74) is -0.0903. The molecule has 0 aromatic rings. The molecule has 1 nitrogen and oxygen atoms in total. The van der Waals surface area contributed by atoms with Crippen molar-refractivity contribution in [1.82, 2.24) is 0 Å². The van der Waals surface area contributed by atoms with Gasteiger partial charge >= 0.3 is 0 Å². The predicted octanol–water partition coefficient (Wildman–Crippen LogP) is 3.10. The second-order valence-electron chi connectivity index (χ2n) is 3.77. The highest BCUT2D eigenvalue weighted by Crippen LogP contribution is 2.38. The minimum Gasteiger partial charge on any atom is -0.299 e. The molecule has 0 atom stereocenters. The second kappa shape index (κ2) is 3.88. The van der Waals surface area contributed by atoms with E-state index < -0.39 is 0 Å². The molecule has 1 heteroatoms. The first-order valence-electron chi connectivity index (χ1n) is 4.86. The Bertz CT molecular complexity index is 185. The fourth-order valence-corrected chi connectivity index (χ4v) is 2.14. The normalized spacial score (nSPS) is 22.8. The summed E-state index contributed by atoms with van der Waals surface area (Å²) in [5, 5.41) is 0. The molecule has 1 saturated carbocycles. The number of hydrogen-bond donors (Lipinski definition) is 0. The minimum atomic E-state index is -0.0903. The average molecular weight is 166 g/mol. The lowest BCUT2D eigenvalue weighted by atomic mass is 9.71. The summed E-state index contributed by atoms with van der Waals surface area (Å²) in [6.07, 6.45) is 9.97. The minimum absolute atomic E-state index is 0.0903. The van der Waals surface area contributed by atoms with E-state index in [4.69, 9.17) is 0 Å². The summed E-state index contributed by atoms with van der Waals surface area (Å²) in [5.74, 6) is 0.348. The molecule has 1 fully saturated rings. The zero-order chi connectivity index (χ0) is 9.03. The van der Waals surface area contributed by atoms with Crippen LogP contribution in [-0.4, -0.2) is 5.78 Å². The molecule has 0 heterocycles. The highest BCUT2D eigenvalue weighted by Gasteiger charge is 2.33. The van der Waals surface area contributed by atoms with Gasteiger partial charge in [0, 0.05) is 5.41 Å². The Morgan fingerprint density at radius 3 is 2.25 bits per heavy atom. The van der Waals surface area contributed by atoms with Crippen LogP contribution in [0.1, 0.15) is 46.0 Å². The van der Waals surface area contributed by atoms with Gasteiger partial charge in [0.15, 0.2) is 0 Å². The van der Waals surface area contributed by atoms with Crippen LogP contribution in [0.2, 0.25) is 0 Å². The van der Waals surface area contributed by atoms with Crippen LogP contribution in [0.3, 0.4) is 0 Å². The smallest absolute Gasteiger partial charge is 0.139 e. The van der Waals surface area contributed by atoms with Crippen LogP contribution < -0.4 is 0 Å². The van der Waals surface area contributed by atoms with E-state index in [1.54, 1.807) is 6.92 Å². The van der Waals surface area contributed by atoms with E-state index >= 15 is 0 Å². The summed E-state index contributed by atoms with van der Waals surface area (Å²) in [6, 6.07) is 0. The monoisotopic (exact) mass is 166 g/mol. The average Bonchev–Trinajstić information content (AvgIpc) is 2.06. The zero-order valence-corrected chi connectivity index (χ0v) is 8.10. The third kappa shape index (κ3) is 1.77. The molecule has 0 unspecified atom stereocenters. The maximum Gasteiger partial charge on any atom is 0.139 e. The molecule has 1 aliphatic rings. The molecule has 1 rings (SSSR count). The summed E-state index contributed by atoms with van der Waals surface area (Å²) >= 11 is 0. The van der Waals surface area contributed by atoms with Gasteiger partial charge < -0.3 is 0 Å². The molecule has 1 aliphatic carbocycles. The van der Waals surface area contributed by atoms with Gasteiger partial charge in [-0.1, -0.05) is 31.4 Å². The molecule has 0 radical (unpaired) electrons. The van der Waals surface area contributed by atoms with Crippen molar-refractivity contribution in [1.29, 1.82) is 0 Å². The molecule has 0 amide bonds. The molecule has 12 heavy (non-hydrogen) atoms. The first kappa shape index (κ1) is 9.50. The molecule has 0 aromatic heterocycles. The summed E-state index contributed by atoms with van der Waals surface area (Å²) in [7, 11) is 0. The molecular weight excluding hydrogens is 148 g/mol. The van der Waals surface area contributed by atoms with Crippen LogP contribution in [0, 0.1) is 5.41 Å². The summed E-state index contributed by atoms with van der Waals surface area (Å²) < 4.78 is 0. The molecule has 0 bridgehead atoms. The van der Waals surface area contributed by atoms with Crippen LogP contribution in [-0.2, 0) is 4.79 Å². The molecule has 0 saturated heterocycles. The fourth-order valence-electron chi connectivity index (χ4n) is 2.14. The molecular formula is C11H18O. The molecule has 68 valence electrons. The van der Waals surface area contributed by atoms with Crippen LogP contribution in [0.25, 0.3) is 0 Å². The number of Topliss-reactive ketones (excluding diaryl/α,β-unsaturated/α-hetero) is 1. The second-order valence-corrected chi connectivity index (χ2v) is 3.77. The fraction of sp³-hybridized carbons (Fsp3) is 0.727. The van der Waals surface area contributed by atoms with Crippen molar-refractivity contribution in [3.05, 3.63) is 12.2 Å². The van der Waals surface area contributed by atoms with E-state index in [1.165, 1.54) is 19.3 Å². The Morgan fingerprint density at radius 1 is 1.25 bits per heavy atom. The van der Waals surface area contributed by atoms with E-state index in [0.717, 1.165) is 12.8 Å². The maximum absolute atomic E-state index is 11.5. The number of ketones is 1. The number of allylic oxidation sites excluding steroid dienone is 2. The maximum atomic E-state index is 11.5. The van der Waals surface area contributed by atoms with Gasteiger partial charge in [0.05, 0.1) is 0 Å². The van der Waals surface area contributed by atoms with Crippen molar-refractivity contribution in [3.8, 4) is 0 Å². The van der Waals surface area contributed by atoms with Crippen LogP contribution in [0.4, 0.5) is 0 Å². The van der Waals surface area contributed by atoms with Gasteiger partial charge in [0.25, 0.3) is 0 Å². The third-order valence-electron chi connectivity index (χ3n) is 2.93. The van der Waals surface area contributed by atoms with Crippen molar-refractivity contribution < 1.29 is 4.79 Å². The topological polar surface area (TPSA) is 17.1 Å². The van der Waals surface area contributed by atoms with Crippen molar-refractivity contribution in [2.45, 2.75) is 46.0 Å². The standard InChI is InChI=1S/C11H18O/c1-3-7-11(10(2)12)8-5-4-6-9-11/h3,7H,4-6,8-9H2,1-2H3/b7-3+. The van der Waals surface area contributed by atoms with Crippen LogP contribution >= 0.6 is 0 Å². The van der Waals surface area contributed by atoms with Gasteiger partial charge in [0.1, 0.15) is 5.78 Å². The van der Waals surface area contributed by atoms with Crippen molar-refractivity contribution in [2.24, 2.45) is 5.41 Å². The Labute approximate surface area is 74.9 Å². The van der Waals surface area contributed by atoms with Gasteiger partial charge in [-0.2, -0.15) is 0 Å². The molecule has 0 N–H and O–H groups in total. The van der Waals surface area contributed by atoms with E-state index in [-0.39, 0.29) is 5.41 Å². The Kier molecular flexibility index (Phi) is 3.07. The van der Waals surface area contributed by atoms with Crippen LogP contribution in [0.15, 0.2) is 12.2 Å². The molecule has 0 aliphatic heterocycles. The largest absolute Gasteiger partial charge is 0.299 e. The first-order valence-corrected chi connectivity index (χ1v) is 4.86. The van der Waals surface area contributed by atoms with Gasteiger partial charge in [-0.3, -0.25) is 4.79 Å². The first-order chi connectivity index (χ1) is 5.71. The Hall–Kier alpha value is -0.590. The third-order valence-corrected chi connectivity index (χ3v) is 2.93. The summed E-state index contributed by atoms with van der Waals surface area (Å²) in [6.45, 7) is 3.73. The number of carbonyl (C=O) groups excluding carboxylic acids is 1. The lowest BCUT2D eigenvalue weighted by molar-refractivity contribution is -0.125. The predicted molar refractivity (Wildman–Crippen MR) is 51.0 cm³/mol. The quantitative estimate of drug-likeness (QED) is 0.576. The van der Waals surface area contributed by atoms with Gasteiger partial charge in [-0.05, 0) is 26.7 Å². The number of hydrogen-bond acceptors (Lipinski definition) is 1. The lowest BCUT2D eigenvalue weighted by Gasteiger charge is -2.31. The molecule has 0 aromatic carbocycles. The highest BCUT2D eigenvalue weighted by molar-refractivity contribution is 5.84. The highest BCUT2D eigenvalue weighted by atomic mass is 16.1. The Balaban J connectivity index is 2.76. The van der Waals surface area contributed by atoms with Crippen molar-refractivity contribution >= 4 is 5.78 Å². The van der Waals surface area contributed by atoms with Gasteiger partial charge in [-0.25, -0.2) is 0 Å². The summed E-state index contributed by atoms with van der Waals surface area (Å²) in [4.78, 5) is 11.5. The van der Waals surface area contributed by atoms with E-state index in [0.29, 0.717) is 5.78 Å². The van der Waals surface area contributed by atoms with Crippen molar-refractivity contribution in [2.75, 3.05) is 0 Å². The van der Waals surface area contributed by atoms with E-state index in [2.05, 4.69) is 6.08 Å². The van der Waals surface area contributed by atoms with Gasteiger partial charge in [0.2, 0.25) is 0 Å². The molecule has 0 spiro atoms. The van der Waals surface area contributed by atoms with E-state index in [1.807, 2.05) is 13.0 Å². The Morgan fingerprint density at radius 2 is 1.83 bits per heavy atom. The number of rotatable bonds is 2. The van der Waals surface area contributed by atoms with Crippen LogP contribution in [0.5, 0.6) is 0 Å². The van der Waals surface area contributed by atoms with E-state index in [9.17, 15) is 4.79 Å². The van der Waals surface area contributed by atoms with Crippen molar-refractivity contribution in [3.63, 3.8) is 0 Å². The number of carbonyl (C=O) groups is 1. The SMILES string of the molecule is C/C=C/C1(C(C)=O)CCCCC1. The van der Waals surface area contributed by atoms with Gasteiger partial charge in [-0.15, -0.1) is 0 Å². The lowest BCUT2D eigenvalue weighted by Crippen LogP contribution is -2.29.